The Morgan fingerprint density at radius 3 is 2.79 bits per heavy atom. The van der Waals surface area contributed by atoms with E-state index in [0.717, 1.165) is 18.7 Å². The molecule has 1 aromatic rings. The van der Waals surface area contributed by atoms with Gasteiger partial charge in [0.1, 0.15) is 0 Å². The summed E-state index contributed by atoms with van der Waals surface area (Å²) in [6, 6.07) is 3.85. The second kappa shape index (κ2) is 7.24. The zero-order chi connectivity index (χ0) is 13.5. The molecule has 2 N–H and O–H groups in total. The van der Waals surface area contributed by atoms with E-state index >= 15 is 0 Å². The van der Waals surface area contributed by atoms with E-state index in [-0.39, 0.29) is 5.91 Å². The number of nitrogens with one attached hydrogen (secondary N) is 2. The lowest BCUT2D eigenvalue weighted by Crippen LogP contribution is -2.33. The molecule has 0 spiro atoms. The standard InChI is InChI=1S/C15H23N3O/c1-12(14-4-8-17-9-5-14)10-15(19)18-11-13-2-6-16-7-3-13/h2-3,6-7,12,14,17H,4-5,8-11H2,1H3,(H,18,19). The Balaban J connectivity index is 1.71. The van der Waals surface area contributed by atoms with Gasteiger partial charge in [0.2, 0.25) is 5.91 Å². The van der Waals surface area contributed by atoms with Crippen LogP contribution in [0.25, 0.3) is 0 Å². The number of rotatable bonds is 5. The van der Waals surface area contributed by atoms with Crippen LogP contribution in [0.3, 0.4) is 0 Å². The lowest BCUT2D eigenvalue weighted by molar-refractivity contribution is -0.122. The molecule has 1 fully saturated rings. The first kappa shape index (κ1) is 14.0. The fourth-order valence-corrected chi connectivity index (χ4v) is 2.65. The predicted molar refractivity (Wildman–Crippen MR) is 75.5 cm³/mol. The molecule has 1 aromatic heterocycles. The molecule has 0 radical (unpaired) electrons. The minimum Gasteiger partial charge on any atom is -0.352 e. The van der Waals surface area contributed by atoms with E-state index in [1.54, 1.807) is 12.4 Å². The third-order valence-corrected chi connectivity index (χ3v) is 3.93. The maximum absolute atomic E-state index is 11.9. The van der Waals surface area contributed by atoms with Gasteiger partial charge in [-0.25, -0.2) is 0 Å². The molecule has 4 nitrogen and oxygen atoms in total. The lowest BCUT2D eigenvalue weighted by atomic mass is 9.84. The average Bonchev–Trinajstić information content (AvgIpc) is 2.47. The second-order valence-corrected chi connectivity index (χ2v) is 5.40. The maximum atomic E-state index is 11.9. The average molecular weight is 261 g/mol. The van der Waals surface area contributed by atoms with Crippen molar-refractivity contribution >= 4 is 5.91 Å². The molecule has 1 atom stereocenters. The Morgan fingerprint density at radius 2 is 2.11 bits per heavy atom. The van der Waals surface area contributed by atoms with Gasteiger partial charge in [0.05, 0.1) is 0 Å². The first-order valence-corrected chi connectivity index (χ1v) is 7.12. The summed E-state index contributed by atoms with van der Waals surface area (Å²) in [7, 11) is 0. The number of hydrogen-bond acceptors (Lipinski definition) is 3. The summed E-state index contributed by atoms with van der Waals surface area (Å²) in [5.41, 5.74) is 1.10. The van der Waals surface area contributed by atoms with Crippen molar-refractivity contribution in [1.29, 1.82) is 0 Å². The highest BCUT2D eigenvalue weighted by Crippen LogP contribution is 2.24. The molecular weight excluding hydrogens is 238 g/mol. The molecule has 0 aromatic carbocycles. The van der Waals surface area contributed by atoms with E-state index in [9.17, 15) is 4.79 Å². The first-order chi connectivity index (χ1) is 9.25. The number of pyridine rings is 1. The van der Waals surface area contributed by atoms with Crippen molar-refractivity contribution in [2.24, 2.45) is 11.8 Å². The van der Waals surface area contributed by atoms with E-state index in [4.69, 9.17) is 0 Å². The molecule has 19 heavy (non-hydrogen) atoms. The third kappa shape index (κ3) is 4.63. The highest BCUT2D eigenvalue weighted by atomic mass is 16.1. The van der Waals surface area contributed by atoms with Crippen LogP contribution < -0.4 is 10.6 Å². The van der Waals surface area contributed by atoms with Crippen LogP contribution in [0, 0.1) is 11.8 Å². The monoisotopic (exact) mass is 261 g/mol. The summed E-state index contributed by atoms with van der Waals surface area (Å²) in [6.45, 7) is 4.98. The molecule has 0 aliphatic carbocycles. The zero-order valence-electron chi connectivity index (χ0n) is 11.6. The van der Waals surface area contributed by atoms with Gasteiger partial charge >= 0.3 is 0 Å². The van der Waals surface area contributed by atoms with Crippen LogP contribution >= 0.6 is 0 Å². The van der Waals surface area contributed by atoms with E-state index in [1.807, 2.05) is 12.1 Å². The summed E-state index contributed by atoms with van der Waals surface area (Å²) in [5.74, 6) is 1.32. The Morgan fingerprint density at radius 1 is 1.42 bits per heavy atom. The van der Waals surface area contributed by atoms with Crippen LogP contribution in [0.15, 0.2) is 24.5 Å². The van der Waals surface area contributed by atoms with Crippen LogP contribution in [-0.4, -0.2) is 24.0 Å². The summed E-state index contributed by atoms with van der Waals surface area (Å²) in [5, 5.41) is 6.35. The molecule has 1 aliphatic rings. The Hall–Kier alpha value is -1.42. The third-order valence-electron chi connectivity index (χ3n) is 3.93. The minimum atomic E-state index is 0.155. The predicted octanol–water partition coefficient (Wildman–Crippen LogP) is 1.72. The Kier molecular flexibility index (Phi) is 5.33. The summed E-state index contributed by atoms with van der Waals surface area (Å²) >= 11 is 0. The molecular formula is C15H23N3O. The molecule has 0 bridgehead atoms. The van der Waals surface area contributed by atoms with Crippen molar-refractivity contribution in [1.82, 2.24) is 15.6 Å². The van der Waals surface area contributed by atoms with Crippen LogP contribution in [0.2, 0.25) is 0 Å². The Labute approximate surface area is 115 Å². The van der Waals surface area contributed by atoms with Crippen molar-refractivity contribution in [2.45, 2.75) is 32.7 Å². The van der Waals surface area contributed by atoms with Gasteiger partial charge in [-0.3, -0.25) is 9.78 Å². The molecule has 2 rings (SSSR count). The van der Waals surface area contributed by atoms with Crippen molar-refractivity contribution in [2.75, 3.05) is 13.1 Å². The summed E-state index contributed by atoms with van der Waals surface area (Å²) in [6.07, 6.45) is 6.52. The number of piperidine rings is 1. The smallest absolute Gasteiger partial charge is 0.220 e. The van der Waals surface area contributed by atoms with Gasteiger partial charge in [0, 0.05) is 25.4 Å². The summed E-state index contributed by atoms with van der Waals surface area (Å²) in [4.78, 5) is 15.9. The quantitative estimate of drug-likeness (QED) is 0.848. The summed E-state index contributed by atoms with van der Waals surface area (Å²) < 4.78 is 0. The first-order valence-electron chi connectivity index (χ1n) is 7.12. The number of carbonyl (C=O) groups is 1. The molecule has 1 unspecified atom stereocenters. The fraction of sp³-hybridized carbons (Fsp3) is 0.600. The van der Waals surface area contributed by atoms with E-state index in [1.165, 1.54) is 12.8 Å². The van der Waals surface area contributed by atoms with E-state index in [2.05, 4.69) is 22.5 Å². The highest BCUT2D eigenvalue weighted by Gasteiger charge is 2.21. The van der Waals surface area contributed by atoms with Crippen LogP contribution in [0.4, 0.5) is 0 Å². The van der Waals surface area contributed by atoms with Gasteiger partial charge < -0.3 is 10.6 Å². The second-order valence-electron chi connectivity index (χ2n) is 5.40. The number of carbonyl (C=O) groups excluding carboxylic acids is 1. The van der Waals surface area contributed by atoms with Gasteiger partial charge in [-0.15, -0.1) is 0 Å². The molecule has 1 aliphatic heterocycles. The lowest BCUT2D eigenvalue weighted by Gasteiger charge is -2.27. The number of aromatic nitrogens is 1. The van der Waals surface area contributed by atoms with Crippen LogP contribution in [0.5, 0.6) is 0 Å². The molecule has 4 heteroatoms. The molecule has 1 saturated heterocycles. The SMILES string of the molecule is CC(CC(=O)NCc1ccncc1)C1CCNCC1. The Bertz CT molecular complexity index is 388. The topological polar surface area (TPSA) is 54.0 Å². The van der Waals surface area contributed by atoms with Gasteiger partial charge in [-0.2, -0.15) is 0 Å². The van der Waals surface area contributed by atoms with E-state index < -0.39 is 0 Å². The minimum absolute atomic E-state index is 0.155. The van der Waals surface area contributed by atoms with Crippen molar-refractivity contribution in [3.63, 3.8) is 0 Å². The van der Waals surface area contributed by atoms with E-state index in [0.29, 0.717) is 24.8 Å². The van der Waals surface area contributed by atoms with Gasteiger partial charge in [-0.1, -0.05) is 6.92 Å². The molecule has 104 valence electrons. The normalized spacial score (nSPS) is 17.9. The number of nitrogens with zero attached hydrogens (tertiary/aromatic N) is 1. The van der Waals surface area contributed by atoms with Gasteiger partial charge in [-0.05, 0) is 55.5 Å². The van der Waals surface area contributed by atoms with Crippen LogP contribution in [-0.2, 0) is 11.3 Å². The van der Waals surface area contributed by atoms with Crippen molar-refractivity contribution < 1.29 is 4.79 Å². The molecule has 1 amide bonds. The van der Waals surface area contributed by atoms with Crippen LogP contribution in [0.1, 0.15) is 31.7 Å². The van der Waals surface area contributed by atoms with Crippen molar-refractivity contribution in [3.05, 3.63) is 30.1 Å². The molecule has 0 saturated carbocycles. The highest BCUT2D eigenvalue weighted by molar-refractivity contribution is 5.76. The zero-order valence-corrected chi connectivity index (χ0v) is 11.6. The maximum Gasteiger partial charge on any atom is 0.220 e. The van der Waals surface area contributed by atoms with Gasteiger partial charge in [0.15, 0.2) is 0 Å². The number of hydrogen-bond donors (Lipinski definition) is 2. The largest absolute Gasteiger partial charge is 0.352 e. The molecule has 2 heterocycles. The fourth-order valence-electron chi connectivity index (χ4n) is 2.65. The van der Waals surface area contributed by atoms with Crippen molar-refractivity contribution in [3.8, 4) is 0 Å². The number of amides is 1. The van der Waals surface area contributed by atoms with Gasteiger partial charge in [0.25, 0.3) is 0 Å².